The molecule has 0 radical (unpaired) electrons. The maximum atomic E-state index is 12.5. The fourth-order valence-corrected chi connectivity index (χ4v) is 3.64. The first kappa shape index (κ1) is 18.3. The molecule has 0 unspecified atom stereocenters. The van der Waals surface area contributed by atoms with Crippen molar-refractivity contribution >= 4 is 34.9 Å². The van der Waals surface area contributed by atoms with Crippen LogP contribution in [0.2, 0.25) is 0 Å². The highest BCUT2D eigenvalue weighted by molar-refractivity contribution is 8.18. The van der Waals surface area contributed by atoms with Crippen molar-refractivity contribution in [2.24, 2.45) is 0 Å². The Morgan fingerprint density at radius 2 is 1.88 bits per heavy atom. The van der Waals surface area contributed by atoms with Gasteiger partial charge in [0.05, 0.1) is 4.91 Å². The summed E-state index contributed by atoms with van der Waals surface area (Å²) < 4.78 is 5.41. The molecule has 2 aliphatic heterocycles. The minimum absolute atomic E-state index is 0.172. The second-order valence-corrected chi connectivity index (χ2v) is 7.02. The van der Waals surface area contributed by atoms with Crippen LogP contribution in [0.3, 0.4) is 0 Å². The fourth-order valence-electron chi connectivity index (χ4n) is 2.80. The van der Waals surface area contributed by atoms with Crippen LogP contribution in [0.4, 0.5) is 4.79 Å². The van der Waals surface area contributed by atoms with Crippen molar-refractivity contribution in [3.05, 3.63) is 47.4 Å². The largest absolute Gasteiger partial charge is 0.490 e. The molecule has 6 nitrogen and oxygen atoms in total. The van der Waals surface area contributed by atoms with E-state index in [0.29, 0.717) is 30.4 Å². The number of ether oxygens (including phenoxy) is 1. The summed E-state index contributed by atoms with van der Waals surface area (Å²) in [4.78, 5) is 39.9. The molecule has 7 heteroatoms. The number of hydrogen-bond donors (Lipinski definition) is 0. The molecule has 2 heterocycles. The number of carbonyl (C=O) groups excluding carboxylic acids is 3. The van der Waals surface area contributed by atoms with Crippen molar-refractivity contribution in [2.75, 3.05) is 26.2 Å². The summed E-state index contributed by atoms with van der Waals surface area (Å²) in [6.45, 7) is 5.23. The molecular formula is C19H20N2O4S. The zero-order valence-electron chi connectivity index (χ0n) is 14.3. The molecule has 0 atom stereocenters. The second kappa shape index (κ2) is 8.23. The van der Waals surface area contributed by atoms with Crippen molar-refractivity contribution in [1.82, 2.24) is 9.80 Å². The number of imide groups is 1. The fraction of sp³-hybridized carbons (Fsp3) is 0.316. The van der Waals surface area contributed by atoms with E-state index in [-0.39, 0.29) is 12.5 Å². The van der Waals surface area contributed by atoms with E-state index in [9.17, 15) is 14.4 Å². The lowest BCUT2D eigenvalue weighted by Gasteiger charge is -2.18. The summed E-state index contributed by atoms with van der Waals surface area (Å²) in [5, 5.41) is -0.403. The quantitative estimate of drug-likeness (QED) is 0.567. The minimum atomic E-state index is -0.417. The third-order valence-electron chi connectivity index (χ3n) is 4.17. The highest BCUT2D eigenvalue weighted by Crippen LogP contribution is 2.32. The van der Waals surface area contributed by atoms with Crippen molar-refractivity contribution in [3.8, 4) is 5.75 Å². The van der Waals surface area contributed by atoms with E-state index in [2.05, 4.69) is 6.58 Å². The van der Waals surface area contributed by atoms with E-state index in [1.807, 2.05) is 12.1 Å². The van der Waals surface area contributed by atoms with E-state index in [1.165, 1.54) is 0 Å². The Labute approximate surface area is 156 Å². The number of rotatable bonds is 6. The van der Waals surface area contributed by atoms with Gasteiger partial charge >= 0.3 is 0 Å². The van der Waals surface area contributed by atoms with E-state index in [4.69, 9.17) is 4.74 Å². The van der Waals surface area contributed by atoms with E-state index >= 15 is 0 Å². The Balaban J connectivity index is 1.66. The normalized spacial score (nSPS) is 18.7. The summed E-state index contributed by atoms with van der Waals surface area (Å²) in [7, 11) is 0. The van der Waals surface area contributed by atoms with Gasteiger partial charge in [-0.1, -0.05) is 24.8 Å². The van der Waals surface area contributed by atoms with Crippen LogP contribution < -0.4 is 4.74 Å². The average Bonchev–Trinajstić information content (AvgIpc) is 3.26. The molecule has 3 amide bonds. The lowest BCUT2D eigenvalue weighted by atomic mass is 10.2. The van der Waals surface area contributed by atoms with E-state index in [1.54, 1.807) is 29.2 Å². The predicted octanol–water partition coefficient (Wildman–Crippen LogP) is 2.91. The Morgan fingerprint density at radius 1 is 1.19 bits per heavy atom. The molecule has 1 aromatic carbocycles. The van der Waals surface area contributed by atoms with Crippen LogP contribution in [-0.4, -0.2) is 53.1 Å². The molecule has 26 heavy (non-hydrogen) atoms. The van der Waals surface area contributed by atoms with Crippen LogP contribution in [-0.2, 0) is 9.59 Å². The molecule has 1 aromatic rings. The van der Waals surface area contributed by atoms with Gasteiger partial charge in [-0.25, -0.2) is 0 Å². The number of nitrogens with zero attached hydrogens (tertiary/aromatic N) is 2. The van der Waals surface area contributed by atoms with Crippen molar-refractivity contribution < 1.29 is 19.1 Å². The summed E-state index contributed by atoms with van der Waals surface area (Å²) in [5.74, 6) is 0.112. The van der Waals surface area contributed by atoms with Crippen molar-refractivity contribution in [2.45, 2.75) is 12.8 Å². The number of thioether (sulfide) groups is 1. The SMILES string of the molecule is C=CCOc1ccc(/C=C2/SC(=O)N(CC(=O)N3CCCC3)C2=O)cc1. The maximum absolute atomic E-state index is 12.5. The highest BCUT2D eigenvalue weighted by Gasteiger charge is 2.37. The molecule has 0 saturated carbocycles. The Bertz CT molecular complexity index is 751. The third-order valence-corrected chi connectivity index (χ3v) is 5.08. The molecular weight excluding hydrogens is 352 g/mol. The molecule has 0 aliphatic carbocycles. The monoisotopic (exact) mass is 372 g/mol. The molecule has 3 rings (SSSR count). The van der Waals surface area contributed by atoms with Crippen molar-refractivity contribution in [3.63, 3.8) is 0 Å². The van der Waals surface area contributed by atoms with Gasteiger partial charge in [0.25, 0.3) is 11.1 Å². The highest BCUT2D eigenvalue weighted by atomic mass is 32.2. The number of likely N-dealkylation sites (tertiary alicyclic amines) is 1. The van der Waals surface area contributed by atoms with Gasteiger partial charge in [-0.05, 0) is 48.4 Å². The third kappa shape index (κ3) is 4.16. The first-order valence-electron chi connectivity index (χ1n) is 8.45. The number of benzene rings is 1. The molecule has 136 valence electrons. The van der Waals surface area contributed by atoms with Gasteiger partial charge in [0, 0.05) is 13.1 Å². The first-order valence-corrected chi connectivity index (χ1v) is 9.27. The Morgan fingerprint density at radius 3 is 2.54 bits per heavy atom. The van der Waals surface area contributed by atoms with Crippen LogP contribution in [0.15, 0.2) is 41.8 Å². The van der Waals surface area contributed by atoms with Gasteiger partial charge in [0.15, 0.2) is 0 Å². The van der Waals surface area contributed by atoms with Crippen LogP contribution >= 0.6 is 11.8 Å². The van der Waals surface area contributed by atoms with Gasteiger partial charge in [-0.2, -0.15) is 0 Å². The zero-order chi connectivity index (χ0) is 18.5. The summed E-state index contributed by atoms with van der Waals surface area (Å²) in [5.41, 5.74) is 0.785. The topological polar surface area (TPSA) is 66.9 Å². The maximum Gasteiger partial charge on any atom is 0.294 e. The van der Waals surface area contributed by atoms with Crippen molar-refractivity contribution in [1.29, 1.82) is 0 Å². The molecule has 0 spiro atoms. The Kier molecular flexibility index (Phi) is 5.78. The average molecular weight is 372 g/mol. The van der Waals surface area contributed by atoms with E-state index < -0.39 is 11.1 Å². The molecule has 0 N–H and O–H groups in total. The lowest BCUT2D eigenvalue weighted by Crippen LogP contribution is -2.40. The minimum Gasteiger partial charge on any atom is -0.490 e. The number of carbonyl (C=O) groups is 3. The van der Waals surface area contributed by atoms with Crippen LogP contribution in [0, 0.1) is 0 Å². The van der Waals surface area contributed by atoms with Crippen LogP contribution in [0.25, 0.3) is 6.08 Å². The zero-order valence-corrected chi connectivity index (χ0v) is 15.2. The summed E-state index contributed by atoms with van der Waals surface area (Å²) in [6, 6.07) is 7.19. The number of hydrogen-bond acceptors (Lipinski definition) is 5. The molecule has 0 aromatic heterocycles. The number of amides is 3. The predicted molar refractivity (Wildman–Crippen MR) is 101 cm³/mol. The molecule has 2 saturated heterocycles. The summed E-state index contributed by atoms with van der Waals surface area (Å²) >= 11 is 0.863. The molecule has 0 bridgehead atoms. The van der Waals surface area contributed by atoms with Crippen LogP contribution in [0.1, 0.15) is 18.4 Å². The van der Waals surface area contributed by atoms with Gasteiger partial charge in [0.2, 0.25) is 5.91 Å². The summed E-state index contributed by atoms with van der Waals surface area (Å²) in [6.07, 6.45) is 5.26. The lowest BCUT2D eigenvalue weighted by molar-refractivity contribution is -0.135. The van der Waals surface area contributed by atoms with Gasteiger partial charge in [-0.3, -0.25) is 19.3 Å². The Hall–Kier alpha value is -2.54. The van der Waals surface area contributed by atoms with Gasteiger partial charge in [0.1, 0.15) is 18.9 Å². The second-order valence-electron chi connectivity index (χ2n) is 6.02. The van der Waals surface area contributed by atoms with Gasteiger partial charge in [-0.15, -0.1) is 0 Å². The van der Waals surface area contributed by atoms with E-state index in [0.717, 1.165) is 35.1 Å². The first-order chi connectivity index (χ1) is 12.6. The molecule has 2 fully saturated rings. The smallest absolute Gasteiger partial charge is 0.294 e. The molecule has 2 aliphatic rings. The van der Waals surface area contributed by atoms with Gasteiger partial charge < -0.3 is 9.64 Å². The standard InChI is InChI=1S/C19H20N2O4S/c1-2-11-25-15-7-5-14(6-8-15)12-16-18(23)21(19(24)26-16)13-17(22)20-9-3-4-10-20/h2,5-8,12H,1,3-4,9-11,13H2/b16-12+. The van der Waals surface area contributed by atoms with Crippen LogP contribution in [0.5, 0.6) is 5.75 Å².